The molecule has 0 saturated carbocycles. The van der Waals surface area contributed by atoms with Gasteiger partial charge in [-0.15, -0.1) is 0 Å². The zero-order chi connectivity index (χ0) is 7.28. The molecule has 53 valence electrons. The predicted molar refractivity (Wildman–Crippen MR) is 34.1 cm³/mol. The fourth-order valence-corrected chi connectivity index (χ4v) is 0.396. The van der Waals surface area contributed by atoms with Crippen molar-refractivity contribution in [3.05, 3.63) is 18.1 Å². The molecule has 0 atom stereocenters. The number of hydrogen-bond donors (Lipinski definition) is 0. The number of rotatable bonds is 3. The van der Waals surface area contributed by atoms with E-state index in [9.17, 15) is 8.78 Å². The minimum Gasteiger partial charge on any atom is -0.200 e. The predicted octanol–water partition coefficient (Wildman–Crippen LogP) is 3.16. The smallest absolute Gasteiger partial charge is 0.200 e. The molecule has 1 radical (unpaired) electrons. The van der Waals surface area contributed by atoms with Gasteiger partial charge >= 0.3 is 6.43 Å². The van der Waals surface area contributed by atoms with Crippen molar-refractivity contribution in [2.24, 2.45) is 0 Å². The van der Waals surface area contributed by atoms with Gasteiger partial charge in [0.25, 0.3) is 0 Å². The maximum Gasteiger partial charge on any atom is 0.313 e. The second-order valence-corrected chi connectivity index (χ2v) is 1.95. The molecule has 0 aromatic rings. The van der Waals surface area contributed by atoms with E-state index in [1.165, 1.54) is 0 Å². The Hall–Kier alpha value is -0.400. The first-order valence-corrected chi connectivity index (χ1v) is 2.99. The van der Waals surface area contributed by atoms with Crippen LogP contribution in [0.5, 0.6) is 0 Å². The Labute approximate surface area is 54.6 Å². The van der Waals surface area contributed by atoms with Crippen molar-refractivity contribution in [3.8, 4) is 0 Å². The maximum absolute atomic E-state index is 11.4. The van der Waals surface area contributed by atoms with Crippen LogP contribution in [-0.2, 0) is 0 Å². The van der Waals surface area contributed by atoms with E-state index in [1.54, 1.807) is 6.08 Å². The van der Waals surface area contributed by atoms with Crippen LogP contribution in [-0.4, -0.2) is 0 Å². The summed E-state index contributed by atoms with van der Waals surface area (Å²) in [5, 5.41) is 0. The van der Waals surface area contributed by atoms with E-state index in [4.69, 9.17) is 0 Å². The van der Waals surface area contributed by atoms with Crippen LogP contribution in [0, 0.1) is 6.43 Å². The Morgan fingerprint density at radius 3 is 2.33 bits per heavy atom. The fraction of sp³-hybridized carbons (Fsp3) is 0.571. The zero-order valence-corrected chi connectivity index (χ0v) is 5.75. The van der Waals surface area contributed by atoms with Crippen LogP contribution < -0.4 is 0 Å². The van der Waals surface area contributed by atoms with Gasteiger partial charge in [-0.1, -0.05) is 18.6 Å². The van der Waals surface area contributed by atoms with E-state index in [-0.39, 0.29) is 6.42 Å². The summed E-state index contributed by atoms with van der Waals surface area (Å²) in [5.41, 5.74) is 1.02. The third kappa shape index (κ3) is 5.47. The molecule has 0 N–H and O–H groups in total. The highest BCUT2D eigenvalue weighted by molar-refractivity contribution is 4.98. The van der Waals surface area contributed by atoms with Crippen LogP contribution >= 0.6 is 0 Å². The van der Waals surface area contributed by atoms with Crippen LogP contribution in [0.4, 0.5) is 8.78 Å². The van der Waals surface area contributed by atoms with E-state index in [2.05, 4.69) is 0 Å². The van der Waals surface area contributed by atoms with E-state index in [0.717, 1.165) is 12.0 Å². The molecule has 0 aliphatic heterocycles. The fourth-order valence-electron chi connectivity index (χ4n) is 0.396. The van der Waals surface area contributed by atoms with Crippen molar-refractivity contribution in [1.82, 2.24) is 0 Å². The van der Waals surface area contributed by atoms with Crippen LogP contribution in [0.3, 0.4) is 0 Å². The summed E-state index contributed by atoms with van der Waals surface area (Å²) in [6.07, 6.45) is 0.713. The Morgan fingerprint density at radius 2 is 2.00 bits per heavy atom. The molecule has 0 amide bonds. The highest BCUT2D eigenvalue weighted by Crippen LogP contribution is 2.11. The van der Waals surface area contributed by atoms with Crippen LogP contribution in [0.15, 0.2) is 11.6 Å². The normalized spacial score (nSPS) is 12.8. The molecule has 0 spiro atoms. The molecule has 0 aromatic heterocycles. The Kier molecular flexibility index (Phi) is 4.28. The third-order valence-corrected chi connectivity index (χ3v) is 1.16. The summed E-state index contributed by atoms with van der Waals surface area (Å²) in [5.74, 6) is 0. The Balaban J connectivity index is 3.43. The van der Waals surface area contributed by atoms with Crippen molar-refractivity contribution in [2.45, 2.75) is 26.7 Å². The first-order chi connectivity index (χ1) is 4.16. The van der Waals surface area contributed by atoms with Gasteiger partial charge in [-0.3, -0.25) is 0 Å². The van der Waals surface area contributed by atoms with E-state index in [1.807, 2.05) is 13.8 Å². The Morgan fingerprint density at radius 1 is 1.44 bits per heavy atom. The molecule has 0 fully saturated rings. The number of allylic oxidation sites excluding steroid dienone is 2. The number of hydrogen-bond acceptors (Lipinski definition) is 0. The monoisotopic (exact) mass is 133 g/mol. The lowest BCUT2D eigenvalue weighted by molar-refractivity contribution is 0.286. The van der Waals surface area contributed by atoms with Gasteiger partial charge in [0.1, 0.15) is 0 Å². The third-order valence-electron chi connectivity index (χ3n) is 1.16. The van der Waals surface area contributed by atoms with E-state index in [0.29, 0.717) is 0 Å². The summed E-state index contributed by atoms with van der Waals surface area (Å²) < 4.78 is 22.8. The van der Waals surface area contributed by atoms with Crippen molar-refractivity contribution in [2.75, 3.05) is 0 Å². The molecule has 0 rings (SSSR count). The summed E-state index contributed by atoms with van der Waals surface area (Å²) in [6.45, 7) is 3.80. The lowest BCUT2D eigenvalue weighted by Crippen LogP contribution is -1.77. The lowest BCUT2D eigenvalue weighted by atomic mass is 10.2. The van der Waals surface area contributed by atoms with Gasteiger partial charge in [-0.2, -0.15) is 8.78 Å². The van der Waals surface area contributed by atoms with E-state index < -0.39 is 6.43 Å². The standard InChI is InChI=1S/C7H11F2/c1-3-6(2)4-5-7(8)9/h4H,3,5H2,1-2H3. The molecule has 0 aliphatic rings. The molecular weight excluding hydrogens is 122 g/mol. The molecule has 9 heavy (non-hydrogen) atoms. The zero-order valence-electron chi connectivity index (χ0n) is 5.75. The minimum absolute atomic E-state index is 0.181. The summed E-state index contributed by atoms with van der Waals surface area (Å²) in [4.78, 5) is 0. The molecule has 0 heterocycles. The van der Waals surface area contributed by atoms with Crippen molar-refractivity contribution in [1.29, 1.82) is 0 Å². The largest absolute Gasteiger partial charge is 0.313 e. The lowest BCUT2D eigenvalue weighted by Gasteiger charge is -1.92. The van der Waals surface area contributed by atoms with E-state index >= 15 is 0 Å². The summed E-state index contributed by atoms with van der Waals surface area (Å²) in [7, 11) is 0. The first-order valence-electron chi connectivity index (χ1n) is 2.99. The van der Waals surface area contributed by atoms with Gasteiger partial charge < -0.3 is 0 Å². The average Bonchev–Trinajstić information content (AvgIpc) is 1.83. The second kappa shape index (κ2) is 4.48. The molecule has 0 bridgehead atoms. The van der Waals surface area contributed by atoms with Gasteiger partial charge in [0, 0.05) is 6.42 Å². The van der Waals surface area contributed by atoms with Crippen LogP contribution in [0.1, 0.15) is 26.7 Å². The molecule has 0 aromatic carbocycles. The molecule has 0 saturated heterocycles. The SMILES string of the molecule is CCC(C)=CC[C](F)F. The summed E-state index contributed by atoms with van der Waals surface area (Å²) >= 11 is 0. The van der Waals surface area contributed by atoms with Gasteiger partial charge in [-0.25, -0.2) is 0 Å². The summed E-state index contributed by atoms with van der Waals surface area (Å²) in [6, 6.07) is 0. The average molecular weight is 133 g/mol. The molecule has 2 heteroatoms. The van der Waals surface area contributed by atoms with Gasteiger partial charge in [0.05, 0.1) is 0 Å². The van der Waals surface area contributed by atoms with Crippen LogP contribution in [0.2, 0.25) is 0 Å². The van der Waals surface area contributed by atoms with Gasteiger partial charge in [0.2, 0.25) is 0 Å². The molecule has 0 unspecified atom stereocenters. The molecule has 0 aliphatic carbocycles. The van der Waals surface area contributed by atoms with Gasteiger partial charge in [-0.05, 0) is 13.3 Å². The van der Waals surface area contributed by atoms with Gasteiger partial charge in [0.15, 0.2) is 0 Å². The highest BCUT2D eigenvalue weighted by Gasteiger charge is 2.00. The van der Waals surface area contributed by atoms with Crippen molar-refractivity contribution >= 4 is 0 Å². The van der Waals surface area contributed by atoms with Crippen LogP contribution in [0.25, 0.3) is 0 Å². The Bertz CT molecular complexity index is 95.1. The minimum atomic E-state index is -1.51. The quantitative estimate of drug-likeness (QED) is 0.519. The first kappa shape index (κ1) is 8.60. The van der Waals surface area contributed by atoms with Crippen molar-refractivity contribution < 1.29 is 8.78 Å². The topological polar surface area (TPSA) is 0 Å². The highest BCUT2D eigenvalue weighted by atomic mass is 19.3. The maximum atomic E-state index is 11.4. The molecular formula is C7H11F2. The second-order valence-electron chi connectivity index (χ2n) is 1.95. The molecule has 0 nitrogen and oxygen atoms in total. The number of halogens is 2. The van der Waals surface area contributed by atoms with Crippen molar-refractivity contribution in [3.63, 3.8) is 0 Å².